The van der Waals surface area contributed by atoms with Crippen molar-refractivity contribution in [3.05, 3.63) is 40.6 Å². The van der Waals surface area contributed by atoms with Gasteiger partial charge in [0.15, 0.2) is 0 Å². The monoisotopic (exact) mass is 300 g/mol. The van der Waals surface area contributed by atoms with Gasteiger partial charge in [-0.05, 0) is 42.3 Å². The smallest absolute Gasteiger partial charge is 0.138 e. The molecule has 0 bridgehead atoms. The summed E-state index contributed by atoms with van der Waals surface area (Å²) in [6, 6.07) is 8.65. The summed E-state index contributed by atoms with van der Waals surface area (Å²) in [7, 11) is 0. The summed E-state index contributed by atoms with van der Waals surface area (Å²) in [5.74, 6) is 0.724. The van der Waals surface area contributed by atoms with Crippen LogP contribution in [0.2, 0.25) is 0 Å². The fourth-order valence-corrected chi connectivity index (χ4v) is 3.08. The highest BCUT2D eigenvalue weighted by Gasteiger charge is 2.21. The highest BCUT2D eigenvalue weighted by atomic mass is 79.9. The maximum absolute atomic E-state index is 4.53. The highest BCUT2D eigenvalue weighted by Crippen LogP contribution is 2.38. The Morgan fingerprint density at radius 1 is 1.17 bits per heavy atom. The molecule has 1 aromatic carbocycles. The first-order valence-electron chi connectivity index (χ1n) is 6.38. The minimum absolute atomic E-state index is 0.724. The Balaban J connectivity index is 2.01. The topological polar surface area (TPSA) is 28.7 Å². The number of aromatic amines is 1. The molecular formula is C15H13BrN2. The molecule has 3 heteroatoms. The molecule has 0 spiro atoms. The van der Waals surface area contributed by atoms with Crippen molar-refractivity contribution < 1.29 is 0 Å². The minimum atomic E-state index is 0.724. The van der Waals surface area contributed by atoms with E-state index in [0.717, 1.165) is 16.0 Å². The summed E-state index contributed by atoms with van der Waals surface area (Å²) in [6.07, 6.45) is 5.94. The number of rotatable bonds is 1. The Kier molecular flexibility index (Phi) is 2.24. The van der Waals surface area contributed by atoms with Crippen molar-refractivity contribution in [2.45, 2.75) is 25.2 Å². The maximum atomic E-state index is 4.53. The number of hydrogen-bond donors (Lipinski definition) is 1. The van der Waals surface area contributed by atoms with E-state index in [4.69, 9.17) is 0 Å². The van der Waals surface area contributed by atoms with E-state index in [1.54, 1.807) is 0 Å². The number of H-pyrrole nitrogens is 1. The van der Waals surface area contributed by atoms with E-state index in [0.29, 0.717) is 0 Å². The van der Waals surface area contributed by atoms with Crippen LogP contribution in [0, 0.1) is 0 Å². The maximum Gasteiger partial charge on any atom is 0.138 e. The van der Waals surface area contributed by atoms with Crippen LogP contribution in [0.4, 0.5) is 0 Å². The lowest BCUT2D eigenvalue weighted by atomic mass is 9.83. The van der Waals surface area contributed by atoms with Crippen molar-refractivity contribution in [1.82, 2.24) is 9.97 Å². The third kappa shape index (κ3) is 1.50. The third-order valence-corrected chi connectivity index (χ3v) is 4.49. The number of hydrogen-bond acceptors (Lipinski definition) is 1. The number of pyridine rings is 1. The van der Waals surface area contributed by atoms with E-state index in [1.807, 2.05) is 6.20 Å². The molecule has 0 amide bonds. The molecule has 1 aliphatic carbocycles. The lowest BCUT2D eigenvalue weighted by Crippen LogP contribution is -2.08. The van der Waals surface area contributed by atoms with Gasteiger partial charge in [-0.1, -0.05) is 28.4 Å². The van der Waals surface area contributed by atoms with Crippen LogP contribution in [-0.4, -0.2) is 9.97 Å². The van der Waals surface area contributed by atoms with Crippen molar-refractivity contribution in [2.24, 2.45) is 0 Å². The van der Waals surface area contributed by atoms with Gasteiger partial charge in [0, 0.05) is 27.1 Å². The normalized spacial score (nSPS) is 16.3. The minimum Gasteiger partial charge on any atom is -0.343 e. The van der Waals surface area contributed by atoms with Gasteiger partial charge in [0.05, 0.1) is 0 Å². The van der Waals surface area contributed by atoms with E-state index in [1.165, 1.54) is 41.1 Å². The Morgan fingerprint density at radius 2 is 2.06 bits per heavy atom. The van der Waals surface area contributed by atoms with Gasteiger partial charge in [-0.3, -0.25) is 0 Å². The largest absolute Gasteiger partial charge is 0.343 e. The molecule has 1 aliphatic rings. The average Bonchev–Trinajstić information content (AvgIpc) is 2.70. The molecule has 2 nitrogen and oxygen atoms in total. The zero-order chi connectivity index (χ0) is 12.1. The lowest BCUT2D eigenvalue weighted by Gasteiger charge is -2.23. The summed E-state index contributed by atoms with van der Waals surface area (Å²) in [6.45, 7) is 0. The summed E-state index contributed by atoms with van der Waals surface area (Å²) in [5.41, 5.74) is 2.37. The molecule has 4 rings (SSSR count). The van der Waals surface area contributed by atoms with Gasteiger partial charge in [0.1, 0.15) is 5.65 Å². The Labute approximate surface area is 114 Å². The number of aromatic nitrogens is 2. The van der Waals surface area contributed by atoms with Crippen LogP contribution < -0.4 is 0 Å². The molecule has 0 aliphatic heterocycles. The first-order chi connectivity index (χ1) is 8.81. The van der Waals surface area contributed by atoms with Crippen LogP contribution in [-0.2, 0) is 0 Å². The summed E-state index contributed by atoms with van der Waals surface area (Å²) >= 11 is 3.55. The molecule has 0 atom stereocenters. The van der Waals surface area contributed by atoms with Crippen molar-refractivity contribution in [3.63, 3.8) is 0 Å². The predicted octanol–water partition coefficient (Wildman–Crippen LogP) is 4.75. The van der Waals surface area contributed by atoms with Gasteiger partial charge in [0.2, 0.25) is 0 Å². The van der Waals surface area contributed by atoms with Crippen LogP contribution in [0.1, 0.15) is 30.9 Å². The molecule has 2 aromatic heterocycles. The summed E-state index contributed by atoms with van der Waals surface area (Å²) < 4.78 is 1.12. The molecule has 1 saturated carbocycles. The second kappa shape index (κ2) is 3.82. The van der Waals surface area contributed by atoms with Crippen LogP contribution in [0.3, 0.4) is 0 Å². The Bertz CT molecular complexity index is 741. The van der Waals surface area contributed by atoms with Gasteiger partial charge in [-0.2, -0.15) is 0 Å². The van der Waals surface area contributed by atoms with E-state index in [9.17, 15) is 0 Å². The lowest BCUT2D eigenvalue weighted by molar-refractivity contribution is 0.413. The second-order valence-electron chi connectivity index (χ2n) is 5.10. The van der Waals surface area contributed by atoms with Crippen LogP contribution in [0.25, 0.3) is 21.8 Å². The summed E-state index contributed by atoms with van der Waals surface area (Å²) in [5, 5.41) is 3.72. The standard InChI is InChI=1S/C15H13BrN2/c16-11-5-4-10-8-17-15-13(12(10)6-11)7-14(18-15)9-2-1-3-9/h4-9H,1-3H2,(H,17,18). The van der Waals surface area contributed by atoms with E-state index >= 15 is 0 Å². The predicted molar refractivity (Wildman–Crippen MR) is 77.9 cm³/mol. The average molecular weight is 301 g/mol. The quantitative estimate of drug-likeness (QED) is 0.690. The highest BCUT2D eigenvalue weighted by molar-refractivity contribution is 9.10. The first kappa shape index (κ1) is 10.6. The molecule has 90 valence electrons. The van der Waals surface area contributed by atoms with Crippen LogP contribution >= 0.6 is 15.9 Å². The first-order valence-corrected chi connectivity index (χ1v) is 7.17. The molecule has 18 heavy (non-hydrogen) atoms. The zero-order valence-corrected chi connectivity index (χ0v) is 11.5. The van der Waals surface area contributed by atoms with Gasteiger partial charge in [0.25, 0.3) is 0 Å². The van der Waals surface area contributed by atoms with E-state index in [2.05, 4.69) is 50.2 Å². The second-order valence-corrected chi connectivity index (χ2v) is 6.02. The number of halogens is 1. The van der Waals surface area contributed by atoms with Crippen molar-refractivity contribution in [1.29, 1.82) is 0 Å². The molecule has 0 unspecified atom stereocenters. The molecule has 1 N–H and O–H groups in total. The zero-order valence-electron chi connectivity index (χ0n) is 9.91. The van der Waals surface area contributed by atoms with Crippen LogP contribution in [0.5, 0.6) is 0 Å². The van der Waals surface area contributed by atoms with Crippen molar-refractivity contribution in [3.8, 4) is 0 Å². The molecule has 2 heterocycles. The number of nitrogens with one attached hydrogen (secondary N) is 1. The number of nitrogens with zero attached hydrogens (tertiary/aromatic N) is 1. The van der Waals surface area contributed by atoms with Gasteiger partial charge < -0.3 is 4.98 Å². The van der Waals surface area contributed by atoms with Gasteiger partial charge in [-0.15, -0.1) is 0 Å². The fraction of sp³-hybridized carbons (Fsp3) is 0.267. The molecule has 1 fully saturated rings. The SMILES string of the molecule is Brc1ccc2cnc3[nH]c(C4CCC4)cc3c2c1. The molecule has 0 saturated heterocycles. The Morgan fingerprint density at radius 3 is 2.83 bits per heavy atom. The van der Waals surface area contributed by atoms with Crippen molar-refractivity contribution in [2.75, 3.05) is 0 Å². The number of benzene rings is 1. The molecular weight excluding hydrogens is 288 g/mol. The van der Waals surface area contributed by atoms with Crippen molar-refractivity contribution >= 4 is 37.7 Å². The van der Waals surface area contributed by atoms with Crippen LogP contribution in [0.15, 0.2) is 34.9 Å². The Hall–Kier alpha value is -1.35. The summed E-state index contributed by atoms with van der Waals surface area (Å²) in [4.78, 5) is 8.01. The van der Waals surface area contributed by atoms with E-state index in [-0.39, 0.29) is 0 Å². The van der Waals surface area contributed by atoms with E-state index < -0.39 is 0 Å². The fourth-order valence-electron chi connectivity index (χ4n) is 2.72. The molecule has 0 radical (unpaired) electrons. The molecule has 3 aromatic rings. The third-order valence-electron chi connectivity index (χ3n) is 4.00. The number of fused-ring (bicyclic) bond motifs is 3. The van der Waals surface area contributed by atoms with Gasteiger partial charge >= 0.3 is 0 Å². The van der Waals surface area contributed by atoms with Gasteiger partial charge in [-0.25, -0.2) is 4.98 Å².